The van der Waals surface area contributed by atoms with Crippen LogP contribution in [0.1, 0.15) is 18.4 Å². The highest BCUT2D eigenvalue weighted by Gasteiger charge is 2.29. The first kappa shape index (κ1) is 16.3. The third kappa shape index (κ3) is 4.45. The molecule has 1 fully saturated rings. The van der Waals surface area contributed by atoms with Gasteiger partial charge in [0.2, 0.25) is 0 Å². The zero-order valence-corrected chi connectivity index (χ0v) is 14.6. The summed E-state index contributed by atoms with van der Waals surface area (Å²) in [7, 11) is -0.878. The van der Waals surface area contributed by atoms with Crippen molar-refractivity contribution in [1.82, 2.24) is 5.32 Å². The van der Waals surface area contributed by atoms with E-state index in [0.29, 0.717) is 11.5 Å². The molecule has 20 heavy (non-hydrogen) atoms. The minimum atomic E-state index is -2.80. The van der Waals surface area contributed by atoms with Gasteiger partial charge in [0.05, 0.1) is 11.5 Å². The molecule has 0 amide bonds. The van der Waals surface area contributed by atoms with Gasteiger partial charge in [0.1, 0.15) is 0 Å². The van der Waals surface area contributed by atoms with Crippen LogP contribution in [0.15, 0.2) is 22.7 Å². The molecule has 0 bridgehead atoms. The van der Waals surface area contributed by atoms with Crippen molar-refractivity contribution >= 4 is 37.4 Å². The summed E-state index contributed by atoms with van der Waals surface area (Å²) >= 11 is 9.64. The molecule has 1 aromatic carbocycles. The average Bonchev–Trinajstić information content (AvgIpc) is 2.71. The Balaban J connectivity index is 1.99. The Labute approximate surface area is 134 Å². The number of hydrogen-bond acceptors (Lipinski definition) is 3. The molecule has 2 unspecified atom stereocenters. The normalized spacial score (nSPS) is 22.9. The van der Waals surface area contributed by atoms with Crippen LogP contribution in [0.4, 0.5) is 0 Å². The quantitative estimate of drug-likeness (QED) is 0.854. The van der Waals surface area contributed by atoms with Crippen LogP contribution in [0.5, 0.6) is 0 Å². The molecule has 1 N–H and O–H groups in total. The van der Waals surface area contributed by atoms with Gasteiger partial charge in [0, 0.05) is 15.5 Å². The van der Waals surface area contributed by atoms with Gasteiger partial charge >= 0.3 is 0 Å². The zero-order chi connectivity index (χ0) is 14.8. The summed E-state index contributed by atoms with van der Waals surface area (Å²) in [6.07, 6.45) is 2.48. The smallest absolute Gasteiger partial charge is 0.150 e. The van der Waals surface area contributed by atoms with Crippen LogP contribution in [0.3, 0.4) is 0 Å². The molecule has 0 spiro atoms. The Kier molecular flexibility index (Phi) is 5.51. The summed E-state index contributed by atoms with van der Waals surface area (Å²) in [6.45, 7) is 0. The van der Waals surface area contributed by atoms with E-state index in [0.717, 1.165) is 34.3 Å². The van der Waals surface area contributed by atoms with Gasteiger partial charge in [0.15, 0.2) is 9.84 Å². The molecule has 6 heteroatoms. The van der Waals surface area contributed by atoms with Crippen LogP contribution in [-0.4, -0.2) is 33.0 Å². The first-order valence-electron chi connectivity index (χ1n) is 6.71. The monoisotopic (exact) mass is 379 g/mol. The van der Waals surface area contributed by atoms with Crippen molar-refractivity contribution in [2.75, 3.05) is 18.6 Å². The summed E-state index contributed by atoms with van der Waals surface area (Å²) < 4.78 is 24.0. The van der Waals surface area contributed by atoms with Crippen molar-refractivity contribution in [3.8, 4) is 0 Å². The lowest BCUT2D eigenvalue weighted by atomic mass is 9.95. The molecule has 1 heterocycles. The molecule has 3 nitrogen and oxygen atoms in total. The van der Waals surface area contributed by atoms with Crippen LogP contribution in [0.25, 0.3) is 0 Å². The predicted molar refractivity (Wildman–Crippen MR) is 87.1 cm³/mol. The van der Waals surface area contributed by atoms with Gasteiger partial charge in [-0.2, -0.15) is 0 Å². The Morgan fingerprint density at radius 1 is 1.50 bits per heavy atom. The molecule has 0 aliphatic carbocycles. The minimum absolute atomic E-state index is 0.256. The first-order valence-corrected chi connectivity index (χ1v) is 9.70. The summed E-state index contributed by atoms with van der Waals surface area (Å²) in [4.78, 5) is 0. The van der Waals surface area contributed by atoms with Crippen molar-refractivity contribution in [3.63, 3.8) is 0 Å². The molecule has 0 aromatic heterocycles. The van der Waals surface area contributed by atoms with Crippen LogP contribution >= 0.6 is 27.5 Å². The fourth-order valence-corrected chi connectivity index (χ4v) is 5.35. The third-order valence-electron chi connectivity index (χ3n) is 3.83. The lowest BCUT2D eigenvalue weighted by molar-refractivity contribution is 0.424. The number of rotatable bonds is 5. The van der Waals surface area contributed by atoms with Crippen molar-refractivity contribution in [1.29, 1.82) is 0 Å². The lowest BCUT2D eigenvalue weighted by Crippen LogP contribution is -2.30. The molecular weight excluding hydrogens is 362 g/mol. The number of likely N-dealkylation sites (N-methyl/N-ethyl adjacent to an activating group) is 1. The molecule has 1 aromatic rings. The first-order chi connectivity index (χ1) is 9.39. The fraction of sp³-hybridized carbons (Fsp3) is 0.571. The van der Waals surface area contributed by atoms with Gasteiger partial charge in [0.25, 0.3) is 0 Å². The average molecular weight is 381 g/mol. The largest absolute Gasteiger partial charge is 0.317 e. The van der Waals surface area contributed by atoms with E-state index >= 15 is 0 Å². The van der Waals surface area contributed by atoms with Gasteiger partial charge in [-0.25, -0.2) is 8.42 Å². The van der Waals surface area contributed by atoms with Crippen LogP contribution in [0.2, 0.25) is 5.02 Å². The van der Waals surface area contributed by atoms with Crippen molar-refractivity contribution < 1.29 is 8.42 Å². The summed E-state index contributed by atoms with van der Waals surface area (Å²) in [6, 6.07) is 6.15. The van der Waals surface area contributed by atoms with Gasteiger partial charge < -0.3 is 5.32 Å². The standard InChI is InChI=1S/C14H19BrClNO2S/c1-17-13(6-10-4-5-20(18,19)9-10)7-11-2-3-12(15)8-14(11)16/h2-3,8,10,13,17H,4-7,9H2,1H3. The Hall–Kier alpha value is -0.100. The van der Waals surface area contributed by atoms with Crippen LogP contribution < -0.4 is 5.32 Å². The maximum atomic E-state index is 11.5. The van der Waals surface area contributed by atoms with E-state index in [1.54, 1.807) is 0 Å². The van der Waals surface area contributed by atoms with Gasteiger partial charge in [-0.3, -0.25) is 0 Å². The van der Waals surface area contributed by atoms with E-state index < -0.39 is 9.84 Å². The van der Waals surface area contributed by atoms with Gasteiger partial charge in [-0.1, -0.05) is 33.6 Å². The van der Waals surface area contributed by atoms with Crippen LogP contribution in [0, 0.1) is 5.92 Å². The van der Waals surface area contributed by atoms with Crippen molar-refractivity contribution in [2.24, 2.45) is 5.92 Å². The molecule has 0 saturated carbocycles. The molecule has 2 atom stereocenters. The molecule has 112 valence electrons. The Bertz CT molecular complexity index is 577. The van der Waals surface area contributed by atoms with Crippen LogP contribution in [-0.2, 0) is 16.3 Å². The van der Waals surface area contributed by atoms with Crippen molar-refractivity contribution in [3.05, 3.63) is 33.3 Å². The molecule has 1 aliphatic heterocycles. The molecule has 2 rings (SSSR count). The number of benzene rings is 1. The molecule has 0 radical (unpaired) electrons. The van der Waals surface area contributed by atoms with E-state index in [1.807, 2.05) is 25.2 Å². The Morgan fingerprint density at radius 2 is 2.25 bits per heavy atom. The minimum Gasteiger partial charge on any atom is -0.317 e. The maximum Gasteiger partial charge on any atom is 0.150 e. The highest BCUT2D eigenvalue weighted by molar-refractivity contribution is 9.10. The van der Waals surface area contributed by atoms with Crippen molar-refractivity contribution in [2.45, 2.75) is 25.3 Å². The number of sulfone groups is 1. The number of hydrogen-bond donors (Lipinski definition) is 1. The highest BCUT2D eigenvalue weighted by atomic mass is 79.9. The fourth-order valence-electron chi connectivity index (χ4n) is 2.72. The molecule has 1 aliphatic rings. The van der Waals surface area contributed by atoms with E-state index in [1.165, 1.54) is 0 Å². The topological polar surface area (TPSA) is 46.2 Å². The maximum absolute atomic E-state index is 11.5. The van der Waals surface area contributed by atoms with E-state index in [2.05, 4.69) is 21.2 Å². The number of halogens is 2. The highest BCUT2D eigenvalue weighted by Crippen LogP contribution is 2.26. The third-order valence-corrected chi connectivity index (χ3v) is 6.52. The van der Waals surface area contributed by atoms with E-state index in [-0.39, 0.29) is 12.0 Å². The summed E-state index contributed by atoms with van der Waals surface area (Å²) in [5.41, 5.74) is 1.09. The van der Waals surface area contributed by atoms with E-state index in [9.17, 15) is 8.42 Å². The molecular formula is C14H19BrClNO2S. The second kappa shape index (κ2) is 6.77. The molecule has 1 saturated heterocycles. The number of nitrogens with one attached hydrogen (secondary N) is 1. The van der Waals surface area contributed by atoms with Gasteiger partial charge in [-0.05, 0) is 49.9 Å². The predicted octanol–water partition coefficient (Wildman–Crippen LogP) is 3.06. The van der Waals surface area contributed by atoms with Gasteiger partial charge in [-0.15, -0.1) is 0 Å². The summed E-state index contributed by atoms with van der Waals surface area (Å²) in [5.74, 6) is 0.943. The lowest BCUT2D eigenvalue weighted by Gasteiger charge is -2.20. The Morgan fingerprint density at radius 3 is 2.80 bits per heavy atom. The zero-order valence-electron chi connectivity index (χ0n) is 11.4. The second-order valence-corrected chi connectivity index (χ2v) is 8.98. The SMILES string of the molecule is CNC(Cc1ccc(Br)cc1Cl)CC1CCS(=O)(=O)C1. The van der Waals surface area contributed by atoms with E-state index in [4.69, 9.17) is 11.6 Å². The second-order valence-electron chi connectivity index (χ2n) is 5.43. The summed E-state index contributed by atoms with van der Waals surface area (Å²) in [5, 5.41) is 4.03.